The molecule has 3 aromatic rings. The highest BCUT2D eigenvalue weighted by Gasteiger charge is 2.29. The van der Waals surface area contributed by atoms with E-state index >= 15 is 0 Å². The quantitative estimate of drug-likeness (QED) is 0.717. The van der Waals surface area contributed by atoms with Crippen LogP contribution in [0.2, 0.25) is 0 Å². The Kier molecular flexibility index (Phi) is 4.56. The first-order chi connectivity index (χ1) is 12.8. The highest BCUT2D eigenvalue weighted by molar-refractivity contribution is 5.84. The molecule has 130 valence electrons. The summed E-state index contributed by atoms with van der Waals surface area (Å²) in [6, 6.07) is 27.7. The number of hydrazine groups is 1. The smallest absolute Gasteiger partial charge is 0.279 e. The average molecular weight is 344 g/mol. The zero-order valence-electron chi connectivity index (χ0n) is 14.3. The van der Waals surface area contributed by atoms with Crippen molar-refractivity contribution in [2.75, 3.05) is 5.01 Å². The van der Waals surface area contributed by atoms with Crippen LogP contribution in [-0.4, -0.2) is 12.0 Å². The number of carbonyl (C=O) groups excluding carboxylic acids is 1. The van der Waals surface area contributed by atoms with E-state index in [4.69, 9.17) is 4.74 Å². The fourth-order valence-corrected chi connectivity index (χ4v) is 3.10. The molecule has 3 aromatic carbocycles. The normalized spacial score (nSPS) is 15.0. The minimum atomic E-state index is -0.505. The van der Waals surface area contributed by atoms with Gasteiger partial charge in [-0.15, -0.1) is 0 Å². The first-order valence-electron chi connectivity index (χ1n) is 8.71. The van der Waals surface area contributed by atoms with Gasteiger partial charge < -0.3 is 4.74 Å². The average Bonchev–Trinajstić information content (AvgIpc) is 3.13. The minimum absolute atomic E-state index is 0.138. The second-order valence-corrected chi connectivity index (χ2v) is 6.30. The van der Waals surface area contributed by atoms with Crippen LogP contribution in [0.3, 0.4) is 0 Å². The molecule has 0 bridgehead atoms. The van der Waals surface area contributed by atoms with Crippen LogP contribution in [0.4, 0.5) is 5.69 Å². The maximum atomic E-state index is 12.8. The molecule has 0 unspecified atom stereocenters. The van der Waals surface area contributed by atoms with Crippen molar-refractivity contribution in [1.29, 1.82) is 0 Å². The second kappa shape index (κ2) is 7.31. The zero-order valence-corrected chi connectivity index (χ0v) is 14.3. The number of anilines is 1. The Balaban J connectivity index is 1.51. The number of nitrogens with one attached hydrogen (secondary N) is 1. The van der Waals surface area contributed by atoms with Gasteiger partial charge in [-0.1, -0.05) is 66.7 Å². The number of fused-ring (bicyclic) bond motifs is 1. The van der Waals surface area contributed by atoms with Gasteiger partial charge >= 0.3 is 0 Å². The predicted molar refractivity (Wildman–Crippen MR) is 102 cm³/mol. The van der Waals surface area contributed by atoms with E-state index in [0.29, 0.717) is 13.0 Å². The third-order valence-corrected chi connectivity index (χ3v) is 4.44. The van der Waals surface area contributed by atoms with Gasteiger partial charge in [-0.2, -0.15) is 0 Å². The topological polar surface area (TPSA) is 41.6 Å². The van der Waals surface area contributed by atoms with E-state index in [1.54, 1.807) is 0 Å². The van der Waals surface area contributed by atoms with E-state index in [1.165, 1.54) is 0 Å². The fraction of sp³-hybridized carbons (Fsp3) is 0.136. The highest BCUT2D eigenvalue weighted by Crippen LogP contribution is 2.28. The van der Waals surface area contributed by atoms with Gasteiger partial charge in [-0.05, 0) is 29.3 Å². The lowest BCUT2D eigenvalue weighted by atomic mass is 10.1. The monoisotopic (exact) mass is 344 g/mol. The van der Waals surface area contributed by atoms with Crippen LogP contribution in [0.15, 0.2) is 84.9 Å². The molecule has 1 N–H and O–H groups in total. The molecule has 1 amide bonds. The number of nitrogens with zero attached hydrogens (tertiary/aromatic N) is 1. The van der Waals surface area contributed by atoms with Crippen LogP contribution in [0.25, 0.3) is 0 Å². The SMILES string of the molecule is O=C(NN(Cc1ccccc1)c1ccccc1)[C@H]1Cc2ccccc2O1. The molecule has 4 heteroatoms. The van der Waals surface area contributed by atoms with Crippen molar-refractivity contribution in [2.24, 2.45) is 0 Å². The second-order valence-electron chi connectivity index (χ2n) is 6.30. The number of ether oxygens (including phenoxy) is 1. The molecule has 0 aromatic heterocycles. The molecule has 0 saturated carbocycles. The molecule has 1 aliphatic heterocycles. The van der Waals surface area contributed by atoms with Crippen molar-refractivity contribution >= 4 is 11.6 Å². The first kappa shape index (κ1) is 16.2. The Labute approximate surface area is 153 Å². The van der Waals surface area contributed by atoms with Crippen molar-refractivity contribution in [2.45, 2.75) is 19.1 Å². The summed E-state index contributed by atoms with van der Waals surface area (Å²) in [7, 11) is 0. The number of carbonyl (C=O) groups is 1. The van der Waals surface area contributed by atoms with Gasteiger partial charge in [0.05, 0.1) is 12.2 Å². The maximum absolute atomic E-state index is 12.8. The van der Waals surface area contributed by atoms with Gasteiger partial charge in [0.1, 0.15) is 5.75 Å². The molecular weight excluding hydrogens is 324 g/mol. The maximum Gasteiger partial charge on any atom is 0.279 e. The lowest BCUT2D eigenvalue weighted by Crippen LogP contribution is -2.48. The molecule has 0 spiro atoms. The third-order valence-electron chi connectivity index (χ3n) is 4.44. The van der Waals surface area contributed by atoms with E-state index in [0.717, 1.165) is 22.6 Å². The van der Waals surface area contributed by atoms with Gasteiger partial charge in [0, 0.05) is 6.42 Å². The summed E-state index contributed by atoms with van der Waals surface area (Å²) in [4.78, 5) is 12.8. The van der Waals surface area contributed by atoms with E-state index in [-0.39, 0.29) is 5.91 Å². The van der Waals surface area contributed by atoms with Gasteiger partial charge in [0.2, 0.25) is 0 Å². The third kappa shape index (κ3) is 3.54. The largest absolute Gasteiger partial charge is 0.480 e. The minimum Gasteiger partial charge on any atom is -0.480 e. The van der Waals surface area contributed by atoms with Gasteiger partial charge in [-0.3, -0.25) is 15.2 Å². The molecule has 4 nitrogen and oxygen atoms in total. The number of benzene rings is 3. The molecule has 1 heterocycles. The number of amides is 1. The van der Waals surface area contributed by atoms with Crippen molar-refractivity contribution in [3.63, 3.8) is 0 Å². The Morgan fingerprint density at radius 1 is 0.923 bits per heavy atom. The van der Waals surface area contributed by atoms with E-state index in [2.05, 4.69) is 5.43 Å². The molecule has 4 rings (SSSR count). The lowest BCUT2D eigenvalue weighted by molar-refractivity contribution is -0.127. The fourth-order valence-electron chi connectivity index (χ4n) is 3.10. The number of hydrogen-bond acceptors (Lipinski definition) is 3. The van der Waals surface area contributed by atoms with Crippen molar-refractivity contribution < 1.29 is 9.53 Å². The number of hydrogen-bond donors (Lipinski definition) is 1. The van der Waals surface area contributed by atoms with Crippen molar-refractivity contribution in [3.05, 3.63) is 96.1 Å². The summed E-state index contributed by atoms with van der Waals surface area (Å²) < 4.78 is 5.82. The molecule has 26 heavy (non-hydrogen) atoms. The van der Waals surface area contributed by atoms with Gasteiger partial charge in [0.25, 0.3) is 5.91 Å². The molecular formula is C22H20N2O2. The van der Waals surface area contributed by atoms with E-state index in [9.17, 15) is 4.79 Å². The summed E-state index contributed by atoms with van der Waals surface area (Å²) in [6.45, 7) is 0.580. The summed E-state index contributed by atoms with van der Waals surface area (Å²) in [5.74, 6) is 0.656. The Hall–Kier alpha value is -3.27. The summed E-state index contributed by atoms with van der Waals surface area (Å²) in [6.07, 6.45) is 0.0880. The van der Waals surface area contributed by atoms with Crippen LogP contribution in [0.1, 0.15) is 11.1 Å². The Morgan fingerprint density at radius 2 is 1.58 bits per heavy atom. The van der Waals surface area contributed by atoms with Crippen LogP contribution >= 0.6 is 0 Å². The first-order valence-corrected chi connectivity index (χ1v) is 8.71. The molecule has 0 aliphatic carbocycles. The molecule has 1 atom stereocenters. The Bertz CT molecular complexity index is 856. The summed E-state index contributed by atoms with van der Waals surface area (Å²) in [5, 5.41) is 1.87. The van der Waals surface area contributed by atoms with Gasteiger partial charge in [0.15, 0.2) is 6.10 Å². The van der Waals surface area contributed by atoms with E-state index < -0.39 is 6.10 Å². The van der Waals surface area contributed by atoms with Crippen LogP contribution in [0.5, 0.6) is 5.75 Å². The van der Waals surface area contributed by atoms with Crippen LogP contribution in [-0.2, 0) is 17.8 Å². The number of rotatable bonds is 5. The lowest BCUT2D eigenvalue weighted by Gasteiger charge is -2.26. The van der Waals surface area contributed by atoms with Crippen molar-refractivity contribution in [1.82, 2.24) is 5.43 Å². The molecule has 1 aliphatic rings. The highest BCUT2D eigenvalue weighted by atomic mass is 16.5. The predicted octanol–water partition coefficient (Wildman–Crippen LogP) is 3.73. The molecule has 0 saturated heterocycles. The summed E-state index contributed by atoms with van der Waals surface area (Å²) in [5.41, 5.74) is 6.15. The van der Waals surface area contributed by atoms with Crippen molar-refractivity contribution in [3.8, 4) is 5.75 Å². The van der Waals surface area contributed by atoms with Crippen LogP contribution < -0.4 is 15.2 Å². The molecule has 0 radical (unpaired) electrons. The van der Waals surface area contributed by atoms with Crippen LogP contribution in [0, 0.1) is 0 Å². The number of para-hydroxylation sites is 2. The summed E-state index contributed by atoms with van der Waals surface area (Å²) >= 11 is 0. The van der Waals surface area contributed by atoms with E-state index in [1.807, 2.05) is 89.9 Å². The standard InChI is InChI=1S/C22H20N2O2/c25-22(21-15-18-11-7-8-14-20(18)26-21)23-24(19-12-5-2-6-13-19)16-17-9-3-1-4-10-17/h1-14,21H,15-16H2,(H,23,25)/t21-/m1/s1. The molecule has 0 fully saturated rings. The van der Waals surface area contributed by atoms with Gasteiger partial charge in [-0.25, -0.2) is 0 Å². The Morgan fingerprint density at radius 3 is 2.31 bits per heavy atom. The zero-order chi connectivity index (χ0) is 17.8.